The zero-order valence-corrected chi connectivity index (χ0v) is 18.5. The van der Waals surface area contributed by atoms with Crippen molar-refractivity contribution in [1.82, 2.24) is 0 Å². The molecule has 0 N–H and O–H groups in total. The highest BCUT2D eigenvalue weighted by atomic mass is 31.2. The molecule has 4 aromatic carbocycles. The average molecular weight is 428 g/mol. The van der Waals surface area contributed by atoms with E-state index in [1.807, 2.05) is 78.9 Å². The molecule has 4 aromatic rings. The highest BCUT2D eigenvalue weighted by molar-refractivity contribution is 7.43. The molecule has 3 nitrogen and oxygen atoms in total. The van der Waals surface area contributed by atoms with Crippen molar-refractivity contribution in [2.45, 2.75) is 19.3 Å². The maximum Gasteiger partial charge on any atom is 0.530 e. The minimum absolute atomic E-state index is 0.106. The van der Waals surface area contributed by atoms with Gasteiger partial charge in [-0.3, -0.25) is 0 Å². The Bertz CT molecular complexity index is 1020. The molecule has 0 unspecified atom stereocenters. The van der Waals surface area contributed by atoms with Crippen LogP contribution in [0.1, 0.15) is 25.0 Å². The van der Waals surface area contributed by atoms with Gasteiger partial charge in [-0.05, 0) is 47.5 Å². The van der Waals surface area contributed by atoms with Crippen LogP contribution in [0.3, 0.4) is 0 Å². The van der Waals surface area contributed by atoms with Crippen molar-refractivity contribution in [2.75, 3.05) is 0 Å². The van der Waals surface area contributed by atoms with Gasteiger partial charge in [0.15, 0.2) is 0 Å². The Kier molecular flexibility index (Phi) is 6.54. The van der Waals surface area contributed by atoms with E-state index in [4.69, 9.17) is 13.6 Å². The maximum atomic E-state index is 6.12. The predicted octanol–water partition coefficient (Wildman–Crippen LogP) is 7.78. The van der Waals surface area contributed by atoms with Crippen molar-refractivity contribution >= 4 is 8.60 Å². The van der Waals surface area contributed by atoms with Crippen LogP contribution in [0.5, 0.6) is 17.2 Å². The molecular weight excluding hydrogens is 403 g/mol. The minimum Gasteiger partial charge on any atom is -0.409 e. The van der Waals surface area contributed by atoms with E-state index in [0.717, 1.165) is 0 Å². The molecule has 0 aromatic heterocycles. The first kappa shape index (κ1) is 21.0. The number of rotatable bonds is 8. The summed E-state index contributed by atoms with van der Waals surface area (Å²) in [6.07, 6.45) is 0. The molecule has 4 heteroatoms. The van der Waals surface area contributed by atoms with Crippen LogP contribution in [0.4, 0.5) is 0 Å². The van der Waals surface area contributed by atoms with Gasteiger partial charge in [-0.2, -0.15) is 0 Å². The summed E-state index contributed by atoms with van der Waals surface area (Å²) in [5.41, 5.74) is 2.38. The van der Waals surface area contributed by atoms with Crippen LogP contribution in [0.2, 0.25) is 0 Å². The highest BCUT2D eigenvalue weighted by Gasteiger charge is 2.24. The van der Waals surface area contributed by atoms with Crippen molar-refractivity contribution in [2.24, 2.45) is 0 Å². The third-order valence-corrected chi connectivity index (χ3v) is 6.18. The van der Waals surface area contributed by atoms with Crippen LogP contribution in [0.15, 0.2) is 115 Å². The molecule has 0 heterocycles. The van der Waals surface area contributed by atoms with E-state index in [9.17, 15) is 0 Å². The standard InChI is InChI=1S/C27H25O3P/c1-27(2,22-12-6-3-7-13-22)23-18-20-26(21-19-23)30-31(28-24-14-8-4-9-15-24)29-25-16-10-5-11-17-25/h3-21H,1-2H3. The van der Waals surface area contributed by atoms with Gasteiger partial charge >= 0.3 is 8.60 Å². The molecule has 0 radical (unpaired) electrons. The molecule has 0 aliphatic rings. The van der Waals surface area contributed by atoms with E-state index >= 15 is 0 Å². The number of benzene rings is 4. The van der Waals surface area contributed by atoms with Crippen molar-refractivity contribution in [3.05, 3.63) is 126 Å². The Morgan fingerprint density at radius 3 is 1.26 bits per heavy atom. The van der Waals surface area contributed by atoms with Crippen LogP contribution in [0, 0.1) is 0 Å². The SMILES string of the molecule is CC(C)(c1ccccc1)c1ccc(OP(Oc2ccccc2)Oc2ccccc2)cc1. The summed E-state index contributed by atoms with van der Waals surface area (Å²) in [7, 11) is -1.67. The highest BCUT2D eigenvalue weighted by Crippen LogP contribution is 2.42. The third-order valence-electron chi connectivity index (χ3n) is 5.10. The molecule has 0 spiro atoms. The number of hydrogen-bond donors (Lipinski definition) is 0. The van der Waals surface area contributed by atoms with Gasteiger partial charge < -0.3 is 13.6 Å². The topological polar surface area (TPSA) is 27.7 Å². The molecule has 0 aliphatic heterocycles. The normalized spacial score (nSPS) is 11.2. The first-order valence-corrected chi connectivity index (χ1v) is 11.3. The zero-order valence-electron chi connectivity index (χ0n) is 17.6. The quantitative estimate of drug-likeness (QED) is 0.268. The fraction of sp³-hybridized carbons (Fsp3) is 0.111. The average Bonchev–Trinajstić information content (AvgIpc) is 2.81. The Balaban J connectivity index is 1.52. The summed E-state index contributed by atoms with van der Waals surface area (Å²) in [6, 6.07) is 37.8. The molecule has 0 atom stereocenters. The molecule has 0 aliphatic carbocycles. The van der Waals surface area contributed by atoms with Crippen molar-refractivity contribution in [3.8, 4) is 17.2 Å². The summed E-state index contributed by atoms with van der Waals surface area (Å²) in [5, 5.41) is 0. The summed E-state index contributed by atoms with van der Waals surface area (Å²) in [6.45, 7) is 4.45. The zero-order chi connectivity index (χ0) is 21.5. The minimum atomic E-state index is -1.67. The van der Waals surface area contributed by atoms with Gasteiger partial charge in [0.25, 0.3) is 0 Å². The van der Waals surface area contributed by atoms with E-state index < -0.39 is 8.60 Å². The third kappa shape index (κ3) is 5.45. The maximum absolute atomic E-state index is 6.12. The first-order chi connectivity index (χ1) is 15.1. The molecule has 0 saturated carbocycles. The van der Waals surface area contributed by atoms with Crippen molar-refractivity contribution < 1.29 is 13.6 Å². The second-order valence-corrected chi connectivity index (χ2v) is 8.63. The van der Waals surface area contributed by atoms with Crippen LogP contribution in [-0.2, 0) is 5.41 Å². The van der Waals surface area contributed by atoms with E-state index in [0.29, 0.717) is 17.2 Å². The van der Waals surface area contributed by atoms with Crippen LogP contribution in [-0.4, -0.2) is 0 Å². The predicted molar refractivity (Wildman–Crippen MR) is 127 cm³/mol. The van der Waals surface area contributed by atoms with Crippen LogP contribution >= 0.6 is 8.60 Å². The lowest BCUT2D eigenvalue weighted by Crippen LogP contribution is -2.18. The monoisotopic (exact) mass is 428 g/mol. The lowest BCUT2D eigenvalue weighted by Gasteiger charge is -2.26. The van der Waals surface area contributed by atoms with Crippen molar-refractivity contribution in [3.63, 3.8) is 0 Å². The second kappa shape index (κ2) is 9.68. The smallest absolute Gasteiger partial charge is 0.409 e. The fourth-order valence-corrected chi connectivity index (χ4v) is 4.22. The van der Waals surface area contributed by atoms with Crippen molar-refractivity contribution in [1.29, 1.82) is 0 Å². The Hall–Kier alpha value is -3.29. The van der Waals surface area contributed by atoms with Gasteiger partial charge in [0, 0.05) is 5.41 Å². The van der Waals surface area contributed by atoms with Crippen LogP contribution < -0.4 is 13.6 Å². The van der Waals surface area contributed by atoms with Gasteiger partial charge in [-0.15, -0.1) is 0 Å². The van der Waals surface area contributed by atoms with E-state index in [1.54, 1.807) is 0 Å². The van der Waals surface area contributed by atoms with E-state index in [2.05, 4.69) is 50.2 Å². The molecule has 0 saturated heterocycles. The number of hydrogen-bond acceptors (Lipinski definition) is 3. The lowest BCUT2D eigenvalue weighted by molar-refractivity contribution is 0.388. The lowest BCUT2D eigenvalue weighted by atomic mass is 9.78. The van der Waals surface area contributed by atoms with Gasteiger partial charge in [0.2, 0.25) is 0 Å². The molecular formula is C27H25O3P. The van der Waals surface area contributed by atoms with E-state index in [1.165, 1.54) is 11.1 Å². The Morgan fingerprint density at radius 2 is 0.806 bits per heavy atom. The molecule has 0 fully saturated rings. The van der Waals surface area contributed by atoms with Gasteiger partial charge in [-0.25, -0.2) is 0 Å². The van der Waals surface area contributed by atoms with E-state index in [-0.39, 0.29) is 5.41 Å². The molecule has 0 bridgehead atoms. The summed E-state index contributed by atoms with van der Waals surface area (Å²) in [5.74, 6) is 2.10. The fourth-order valence-electron chi connectivity index (χ4n) is 3.23. The molecule has 31 heavy (non-hydrogen) atoms. The summed E-state index contributed by atoms with van der Waals surface area (Å²) >= 11 is 0. The largest absolute Gasteiger partial charge is 0.530 e. The van der Waals surface area contributed by atoms with Crippen LogP contribution in [0.25, 0.3) is 0 Å². The van der Waals surface area contributed by atoms with Gasteiger partial charge in [0.1, 0.15) is 17.2 Å². The number of para-hydroxylation sites is 2. The Morgan fingerprint density at radius 1 is 0.452 bits per heavy atom. The first-order valence-electron chi connectivity index (χ1n) is 10.2. The van der Waals surface area contributed by atoms with Gasteiger partial charge in [0.05, 0.1) is 0 Å². The van der Waals surface area contributed by atoms with Gasteiger partial charge in [-0.1, -0.05) is 92.7 Å². The molecule has 4 rings (SSSR count). The molecule has 0 amide bonds. The summed E-state index contributed by atoms with van der Waals surface area (Å²) < 4.78 is 18.1. The Labute approximate surface area is 185 Å². The summed E-state index contributed by atoms with van der Waals surface area (Å²) in [4.78, 5) is 0. The molecule has 156 valence electrons. The second-order valence-electron chi connectivity index (χ2n) is 7.64.